The summed E-state index contributed by atoms with van der Waals surface area (Å²) >= 11 is 0. The van der Waals surface area contributed by atoms with E-state index < -0.39 is 0 Å². The Bertz CT molecular complexity index is 1000. The van der Waals surface area contributed by atoms with Gasteiger partial charge in [0.25, 0.3) is 0 Å². The van der Waals surface area contributed by atoms with Crippen LogP contribution in [0.4, 0.5) is 0 Å². The van der Waals surface area contributed by atoms with Gasteiger partial charge in [-0.05, 0) is 18.2 Å². The number of nitrogens with one attached hydrogen (secondary N) is 1. The molecule has 148 valence electrons. The lowest BCUT2D eigenvalue weighted by Crippen LogP contribution is -2.37. The van der Waals surface area contributed by atoms with E-state index in [1.54, 1.807) is 7.11 Å². The molecular formula is C20H24IN5O2. The predicted molar refractivity (Wildman–Crippen MR) is 120 cm³/mol. The SMILES string of the molecule is COc1ccc2c(c1)nc(CN=C(N)NC1CCOc3ccccc31)n2C.I. The van der Waals surface area contributed by atoms with Gasteiger partial charge in [0.05, 0.1) is 30.8 Å². The molecule has 2 heterocycles. The number of guanidine groups is 1. The van der Waals surface area contributed by atoms with Crippen molar-refractivity contribution in [2.45, 2.75) is 19.0 Å². The van der Waals surface area contributed by atoms with Gasteiger partial charge >= 0.3 is 0 Å². The molecule has 0 saturated heterocycles. The summed E-state index contributed by atoms with van der Waals surface area (Å²) in [4.78, 5) is 9.14. The summed E-state index contributed by atoms with van der Waals surface area (Å²) in [5, 5.41) is 3.31. The van der Waals surface area contributed by atoms with Crippen LogP contribution in [0.3, 0.4) is 0 Å². The van der Waals surface area contributed by atoms with Crippen molar-refractivity contribution < 1.29 is 9.47 Å². The van der Waals surface area contributed by atoms with Gasteiger partial charge in [-0.3, -0.25) is 0 Å². The molecule has 1 aromatic heterocycles. The van der Waals surface area contributed by atoms with E-state index >= 15 is 0 Å². The number of nitrogens with two attached hydrogens (primary N) is 1. The van der Waals surface area contributed by atoms with Crippen LogP contribution in [0.1, 0.15) is 23.9 Å². The lowest BCUT2D eigenvalue weighted by Gasteiger charge is -2.26. The van der Waals surface area contributed by atoms with Crippen molar-refractivity contribution in [2.24, 2.45) is 17.8 Å². The monoisotopic (exact) mass is 493 g/mol. The number of ether oxygens (including phenoxy) is 2. The molecule has 3 aromatic rings. The Labute approximate surface area is 181 Å². The molecule has 1 atom stereocenters. The molecule has 0 radical (unpaired) electrons. The van der Waals surface area contributed by atoms with Crippen molar-refractivity contribution in [3.8, 4) is 11.5 Å². The van der Waals surface area contributed by atoms with Crippen LogP contribution in [0.15, 0.2) is 47.5 Å². The highest BCUT2D eigenvalue weighted by Gasteiger charge is 2.21. The topological polar surface area (TPSA) is 86.7 Å². The Morgan fingerprint density at radius 2 is 2.18 bits per heavy atom. The standard InChI is InChI=1S/C20H23N5O2.HI/c1-25-17-8-7-13(26-2)11-16(17)23-19(25)12-22-20(21)24-15-9-10-27-18-6-4-3-5-14(15)18;/h3-8,11,15H,9-10,12H2,1-2H3,(H3,21,22,24);1H. The van der Waals surface area contributed by atoms with E-state index in [0.717, 1.165) is 40.3 Å². The third kappa shape index (κ3) is 4.01. The number of para-hydroxylation sites is 1. The highest BCUT2D eigenvalue weighted by Crippen LogP contribution is 2.31. The van der Waals surface area contributed by atoms with Crippen molar-refractivity contribution in [2.75, 3.05) is 13.7 Å². The summed E-state index contributed by atoms with van der Waals surface area (Å²) in [7, 11) is 3.63. The van der Waals surface area contributed by atoms with E-state index in [9.17, 15) is 0 Å². The zero-order chi connectivity index (χ0) is 18.8. The number of aryl methyl sites for hydroxylation is 1. The van der Waals surface area contributed by atoms with Crippen molar-refractivity contribution in [3.63, 3.8) is 0 Å². The number of nitrogens with zero attached hydrogens (tertiary/aromatic N) is 3. The van der Waals surface area contributed by atoms with Gasteiger partial charge in [0, 0.05) is 25.1 Å². The zero-order valence-electron chi connectivity index (χ0n) is 15.9. The average Bonchev–Trinajstić information content (AvgIpc) is 3.01. The second-order valence-corrected chi connectivity index (χ2v) is 6.52. The molecule has 3 N–H and O–H groups in total. The number of rotatable bonds is 4. The fourth-order valence-corrected chi connectivity index (χ4v) is 3.37. The number of aliphatic imine (C=N–C) groups is 1. The Kier molecular flexibility index (Phi) is 6.28. The molecule has 0 fully saturated rings. The minimum Gasteiger partial charge on any atom is -0.497 e. The number of imidazole rings is 1. The van der Waals surface area contributed by atoms with Gasteiger partial charge in [0.15, 0.2) is 5.96 Å². The van der Waals surface area contributed by atoms with Crippen molar-refractivity contribution in [1.82, 2.24) is 14.9 Å². The van der Waals surface area contributed by atoms with Gasteiger partial charge in [0.1, 0.15) is 23.9 Å². The van der Waals surface area contributed by atoms with Crippen LogP contribution < -0.4 is 20.5 Å². The number of benzene rings is 2. The van der Waals surface area contributed by atoms with Crippen LogP contribution >= 0.6 is 24.0 Å². The Morgan fingerprint density at radius 3 is 3.00 bits per heavy atom. The molecule has 7 nitrogen and oxygen atoms in total. The number of fused-ring (bicyclic) bond motifs is 2. The van der Waals surface area contributed by atoms with Gasteiger partial charge in [-0.2, -0.15) is 0 Å². The van der Waals surface area contributed by atoms with Crippen LogP contribution in [0.2, 0.25) is 0 Å². The first-order chi connectivity index (χ1) is 13.2. The number of halogens is 1. The van der Waals surface area contributed by atoms with E-state index in [0.29, 0.717) is 19.1 Å². The van der Waals surface area contributed by atoms with Crippen LogP contribution in [0.25, 0.3) is 11.0 Å². The van der Waals surface area contributed by atoms with Crippen LogP contribution in [-0.2, 0) is 13.6 Å². The number of methoxy groups -OCH3 is 1. The summed E-state index contributed by atoms with van der Waals surface area (Å²) in [5.41, 5.74) is 9.16. The van der Waals surface area contributed by atoms with E-state index in [2.05, 4.69) is 21.4 Å². The molecule has 4 rings (SSSR count). The molecule has 0 spiro atoms. The molecule has 1 unspecified atom stereocenters. The predicted octanol–water partition coefficient (Wildman–Crippen LogP) is 3.13. The maximum Gasteiger partial charge on any atom is 0.189 e. The summed E-state index contributed by atoms with van der Waals surface area (Å²) in [6.45, 7) is 1.06. The van der Waals surface area contributed by atoms with Crippen LogP contribution in [0, 0.1) is 0 Å². The fourth-order valence-electron chi connectivity index (χ4n) is 3.37. The molecule has 1 aliphatic heterocycles. The minimum atomic E-state index is 0. The van der Waals surface area contributed by atoms with Crippen molar-refractivity contribution in [1.29, 1.82) is 0 Å². The smallest absolute Gasteiger partial charge is 0.189 e. The molecule has 28 heavy (non-hydrogen) atoms. The van der Waals surface area contributed by atoms with Gasteiger partial charge in [0.2, 0.25) is 0 Å². The van der Waals surface area contributed by atoms with Crippen molar-refractivity contribution in [3.05, 3.63) is 53.9 Å². The second kappa shape index (κ2) is 8.68. The van der Waals surface area contributed by atoms with Gasteiger partial charge in [-0.25, -0.2) is 9.98 Å². The molecule has 1 aliphatic rings. The summed E-state index contributed by atoms with van der Waals surface area (Å²) in [6.07, 6.45) is 0.847. The number of hydrogen-bond donors (Lipinski definition) is 2. The second-order valence-electron chi connectivity index (χ2n) is 6.52. The highest BCUT2D eigenvalue weighted by molar-refractivity contribution is 14.0. The summed E-state index contributed by atoms with van der Waals surface area (Å²) in [6, 6.07) is 13.9. The lowest BCUT2D eigenvalue weighted by molar-refractivity contribution is 0.262. The largest absolute Gasteiger partial charge is 0.497 e. The van der Waals surface area contributed by atoms with E-state index in [1.165, 1.54) is 0 Å². The average molecular weight is 493 g/mol. The molecule has 2 aromatic carbocycles. The summed E-state index contributed by atoms with van der Waals surface area (Å²) in [5.74, 6) is 2.94. The highest BCUT2D eigenvalue weighted by atomic mass is 127. The van der Waals surface area contributed by atoms with E-state index in [1.807, 2.05) is 48.0 Å². The zero-order valence-corrected chi connectivity index (χ0v) is 18.2. The molecule has 0 bridgehead atoms. The van der Waals surface area contributed by atoms with Gasteiger partial charge in [-0.15, -0.1) is 24.0 Å². The Hall–Kier alpha value is -2.49. The summed E-state index contributed by atoms with van der Waals surface area (Å²) < 4.78 is 13.0. The number of hydrogen-bond acceptors (Lipinski definition) is 4. The minimum absolute atomic E-state index is 0. The first-order valence-electron chi connectivity index (χ1n) is 8.93. The third-order valence-corrected chi connectivity index (χ3v) is 4.85. The van der Waals surface area contributed by atoms with Crippen molar-refractivity contribution >= 4 is 41.0 Å². The number of aromatic nitrogens is 2. The molecule has 0 aliphatic carbocycles. The Balaban J connectivity index is 0.00000225. The maximum absolute atomic E-state index is 6.14. The van der Waals surface area contributed by atoms with Gasteiger partial charge < -0.3 is 25.1 Å². The quantitative estimate of drug-likeness (QED) is 0.332. The van der Waals surface area contributed by atoms with E-state index in [-0.39, 0.29) is 30.0 Å². The van der Waals surface area contributed by atoms with Crippen LogP contribution in [0.5, 0.6) is 11.5 Å². The van der Waals surface area contributed by atoms with E-state index in [4.69, 9.17) is 15.2 Å². The molecule has 0 saturated carbocycles. The fraction of sp³-hybridized carbons (Fsp3) is 0.300. The molecular weight excluding hydrogens is 469 g/mol. The molecule has 0 amide bonds. The maximum atomic E-state index is 6.14. The Morgan fingerprint density at radius 1 is 1.36 bits per heavy atom. The molecule has 8 heteroatoms. The third-order valence-electron chi connectivity index (χ3n) is 4.85. The first-order valence-corrected chi connectivity index (χ1v) is 8.93. The van der Waals surface area contributed by atoms with Gasteiger partial charge in [-0.1, -0.05) is 18.2 Å². The first kappa shape index (κ1) is 20.2. The van der Waals surface area contributed by atoms with Crippen LogP contribution in [-0.4, -0.2) is 29.2 Å². The lowest BCUT2D eigenvalue weighted by atomic mass is 10.0. The normalized spacial score (nSPS) is 16.1.